The molecule has 0 bridgehead atoms. The maximum Gasteiger partial charge on any atom is 0.340 e. The van der Waals surface area contributed by atoms with Crippen LogP contribution in [0.5, 0.6) is 0 Å². The first kappa shape index (κ1) is 28.2. The van der Waals surface area contributed by atoms with Gasteiger partial charge in [-0.1, -0.05) is 24.3 Å². The standard InChI is InChI=1S/C23H28ClN5O9P2/c24-22-26-19(28-9-23(10-28)7-3-5-13-4-1-2-6-14(13)23)16-20(27-22)29(11-25-16)21-18(31)17(30)15(38-21)8-37-40(35,36)12-39(32,33)34/h1-2,4,6,11,15,17-18,21,30-31H,3,5,7-10,12H2,(H,35,36)(H2,32,33,34)/t15-,17?,18?,21-/m1/s1. The fourth-order valence-electron chi connectivity index (χ4n) is 6.01. The molecule has 5 N–H and O–H groups in total. The van der Waals surface area contributed by atoms with Crippen molar-refractivity contribution in [3.05, 3.63) is 47.0 Å². The summed E-state index contributed by atoms with van der Waals surface area (Å²) in [6, 6.07) is 8.49. The van der Waals surface area contributed by atoms with Crippen LogP contribution in [0, 0.1) is 0 Å². The molecule has 2 saturated heterocycles. The highest BCUT2D eigenvalue weighted by atomic mass is 35.5. The number of imidazole rings is 1. The molecule has 1 aliphatic carbocycles. The summed E-state index contributed by atoms with van der Waals surface area (Å²) in [5.41, 5.74) is 3.43. The molecule has 216 valence electrons. The zero-order chi connectivity index (χ0) is 28.4. The Labute approximate surface area is 233 Å². The molecular weight excluding hydrogens is 588 g/mol. The highest BCUT2D eigenvalue weighted by Crippen LogP contribution is 2.55. The van der Waals surface area contributed by atoms with Gasteiger partial charge in [0.25, 0.3) is 0 Å². The van der Waals surface area contributed by atoms with Crippen LogP contribution in [0.4, 0.5) is 5.82 Å². The number of aliphatic hydroxyl groups is 2. The van der Waals surface area contributed by atoms with E-state index in [-0.39, 0.29) is 16.3 Å². The minimum absolute atomic E-state index is 0.0230. The third kappa shape index (κ3) is 5.11. The van der Waals surface area contributed by atoms with Gasteiger partial charge in [0.05, 0.1) is 12.9 Å². The van der Waals surface area contributed by atoms with Crippen molar-refractivity contribution in [2.24, 2.45) is 0 Å². The third-order valence-electron chi connectivity index (χ3n) is 7.77. The van der Waals surface area contributed by atoms with E-state index >= 15 is 0 Å². The third-order valence-corrected chi connectivity index (χ3v) is 11.4. The lowest BCUT2D eigenvalue weighted by Gasteiger charge is -2.53. The number of halogens is 1. The van der Waals surface area contributed by atoms with Gasteiger partial charge < -0.3 is 39.1 Å². The summed E-state index contributed by atoms with van der Waals surface area (Å²) in [6.07, 6.45) is -0.936. The molecule has 3 aromatic rings. The fraction of sp³-hybridized carbons (Fsp3) is 0.522. The Morgan fingerprint density at radius 2 is 1.88 bits per heavy atom. The van der Waals surface area contributed by atoms with Crippen molar-refractivity contribution in [1.29, 1.82) is 0 Å². The second-order valence-corrected chi connectivity index (χ2v) is 14.9. The van der Waals surface area contributed by atoms with Crippen molar-refractivity contribution >= 4 is 43.8 Å². The van der Waals surface area contributed by atoms with Gasteiger partial charge in [-0.25, -0.2) is 4.98 Å². The maximum atomic E-state index is 12.0. The van der Waals surface area contributed by atoms with Crippen LogP contribution in [0.1, 0.15) is 30.2 Å². The van der Waals surface area contributed by atoms with Gasteiger partial charge in [0.15, 0.2) is 29.1 Å². The Hall–Kier alpha value is -1.96. The minimum atomic E-state index is -4.83. The first-order chi connectivity index (χ1) is 18.9. The number of fused-ring (bicyclic) bond motifs is 3. The molecule has 14 nitrogen and oxygen atoms in total. The number of aliphatic hydroxyl groups excluding tert-OH is 2. The molecule has 17 heteroatoms. The van der Waals surface area contributed by atoms with Gasteiger partial charge >= 0.3 is 15.2 Å². The fourth-order valence-corrected chi connectivity index (χ4v) is 8.74. The largest absolute Gasteiger partial charge is 0.387 e. The summed E-state index contributed by atoms with van der Waals surface area (Å²) in [5.74, 6) is -0.850. The highest BCUT2D eigenvalue weighted by Gasteiger charge is 2.49. The van der Waals surface area contributed by atoms with Gasteiger partial charge in [-0.05, 0) is 42.0 Å². The number of nitrogens with zero attached hydrogens (tertiary/aromatic N) is 5. The molecule has 0 saturated carbocycles. The SMILES string of the molecule is O=P(O)(O)CP(=O)(O)OC[C@H]1O[C@@H](n2cnc3c(N4CC5(CCCc6ccccc65)C4)nc(Cl)nc32)C(O)C1O. The van der Waals surface area contributed by atoms with E-state index in [0.717, 1.165) is 32.4 Å². The van der Waals surface area contributed by atoms with Gasteiger partial charge in [0.2, 0.25) is 5.28 Å². The number of hydrogen-bond acceptors (Lipinski definition) is 10. The molecular formula is C23H28ClN5O9P2. The first-order valence-electron chi connectivity index (χ1n) is 12.6. The van der Waals surface area contributed by atoms with E-state index in [1.807, 2.05) is 0 Å². The molecule has 0 radical (unpaired) electrons. The summed E-state index contributed by atoms with van der Waals surface area (Å²) in [7, 11) is -9.52. The average Bonchev–Trinajstić information content (AvgIpc) is 3.39. The Kier molecular flexibility index (Phi) is 7.11. The first-order valence-corrected chi connectivity index (χ1v) is 16.6. The van der Waals surface area contributed by atoms with Crippen molar-refractivity contribution in [2.75, 3.05) is 30.5 Å². The monoisotopic (exact) mass is 615 g/mol. The van der Waals surface area contributed by atoms with Gasteiger partial charge in [-0.15, -0.1) is 0 Å². The number of rotatable bonds is 7. The van der Waals surface area contributed by atoms with Crippen LogP contribution in [-0.4, -0.2) is 88.3 Å². The Bertz CT molecular complexity index is 1540. The van der Waals surface area contributed by atoms with Crippen molar-refractivity contribution in [1.82, 2.24) is 19.5 Å². The van der Waals surface area contributed by atoms with Crippen molar-refractivity contribution in [3.8, 4) is 0 Å². The number of ether oxygens (including phenoxy) is 1. The summed E-state index contributed by atoms with van der Waals surface area (Å²) >= 11 is 6.30. The molecule has 3 unspecified atom stereocenters. The van der Waals surface area contributed by atoms with Crippen LogP contribution in [0.25, 0.3) is 11.2 Å². The Morgan fingerprint density at radius 3 is 2.62 bits per heavy atom. The van der Waals surface area contributed by atoms with Gasteiger partial charge in [-0.3, -0.25) is 13.7 Å². The molecule has 1 spiro atoms. The Morgan fingerprint density at radius 1 is 1.12 bits per heavy atom. The highest BCUT2D eigenvalue weighted by molar-refractivity contribution is 7.70. The van der Waals surface area contributed by atoms with E-state index in [1.165, 1.54) is 22.0 Å². The molecule has 5 atom stereocenters. The number of aryl methyl sites for hydroxylation is 1. The summed E-state index contributed by atoms with van der Waals surface area (Å²) in [5, 5.41) is 21.2. The van der Waals surface area contributed by atoms with E-state index < -0.39 is 52.2 Å². The molecule has 2 fully saturated rings. The van der Waals surface area contributed by atoms with Crippen LogP contribution in [0.2, 0.25) is 5.28 Å². The lowest BCUT2D eigenvalue weighted by atomic mass is 9.65. The van der Waals surface area contributed by atoms with Crippen LogP contribution in [-0.2, 0) is 30.2 Å². The summed E-state index contributed by atoms with van der Waals surface area (Å²) < 4.78 is 35.0. The van der Waals surface area contributed by atoms with Crippen molar-refractivity contribution < 1.29 is 43.3 Å². The second-order valence-electron chi connectivity index (χ2n) is 10.6. The van der Waals surface area contributed by atoms with Gasteiger partial charge in [0.1, 0.15) is 18.3 Å². The van der Waals surface area contributed by atoms with Crippen LogP contribution in [0.15, 0.2) is 30.6 Å². The maximum absolute atomic E-state index is 12.0. The van der Waals surface area contributed by atoms with Crippen LogP contribution in [0.3, 0.4) is 0 Å². The van der Waals surface area contributed by atoms with Gasteiger partial charge in [0, 0.05) is 18.5 Å². The quantitative estimate of drug-likeness (QED) is 0.189. The van der Waals surface area contributed by atoms with E-state index in [9.17, 15) is 24.2 Å². The lowest BCUT2D eigenvalue weighted by molar-refractivity contribution is -0.0483. The van der Waals surface area contributed by atoms with Gasteiger partial charge in [-0.2, -0.15) is 9.97 Å². The normalized spacial score (nSPS) is 27.5. The molecule has 4 heterocycles. The number of benzene rings is 1. The zero-order valence-electron chi connectivity index (χ0n) is 21.0. The molecule has 1 aromatic carbocycles. The summed E-state index contributed by atoms with van der Waals surface area (Å²) in [6.45, 7) is 0.763. The molecule has 2 aromatic heterocycles. The molecule has 2 aliphatic heterocycles. The van der Waals surface area contributed by atoms with E-state index in [0.29, 0.717) is 11.3 Å². The summed E-state index contributed by atoms with van der Waals surface area (Å²) in [4.78, 5) is 42.9. The number of hydrogen-bond donors (Lipinski definition) is 5. The van der Waals surface area contributed by atoms with E-state index in [1.54, 1.807) is 0 Å². The lowest BCUT2D eigenvalue weighted by Crippen LogP contribution is -2.61. The Balaban J connectivity index is 1.22. The molecule has 0 amide bonds. The second kappa shape index (κ2) is 10.1. The molecule has 6 rings (SSSR count). The predicted molar refractivity (Wildman–Crippen MR) is 142 cm³/mol. The van der Waals surface area contributed by atoms with Crippen molar-refractivity contribution in [2.45, 2.75) is 49.2 Å². The predicted octanol–water partition coefficient (Wildman–Crippen LogP) is 1.53. The van der Waals surface area contributed by atoms with Crippen molar-refractivity contribution in [3.63, 3.8) is 0 Å². The smallest absolute Gasteiger partial charge is 0.340 e. The number of anilines is 1. The number of aromatic nitrogens is 4. The minimum Gasteiger partial charge on any atom is -0.387 e. The van der Waals surface area contributed by atoms with E-state index in [2.05, 4.69) is 44.1 Å². The molecule has 40 heavy (non-hydrogen) atoms. The van der Waals surface area contributed by atoms with Crippen LogP contribution >= 0.6 is 26.8 Å². The average molecular weight is 616 g/mol. The topological polar surface area (TPSA) is 201 Å². The van der Waals surface area contributed by atoms with Crippen LogP contribution < -0.4 is 4.90 Å². The zero-order valence-corrected chi connectivity index (χ0v) is 23.6. The van der Waals surface area contributed by atoms with E-state index in [4.69, 9.17) is 30.6 Å². The molecule has 3 aliphatic rings.